The van der Waals surface area contributed by atoms with Gasteiger partial charge in [0.05, 0.1) is 5.69 Å². The van der Waals surface area contributed by atoms with Crippen LogP contribution in [0.25, 0.3) is 4.96 Å². The molecule has 0 radical (unpaired) electrons. The zero-order valence-electron chi connectivity index (χ0n) is 8.17. The summed E-state index contributed by atoms with van der Waals surface area (Å²) < 4.78 is 1.89. The molecule has 0 aromatic carbocycles. The van der Waals surface area contributed by atoms with E-state index >= 15 is 0 Å². The van der Waals surface area contributed by atoms with Crippen LogP contribution in [0.2, 0.25) is 0 Å². The largest absolute Gasteiger partial charge is 0.480 e. The minimum Gasteiger partial charge on any atom is -0.480 e. The van der Waals surface area contributed by atoms with Crippen LogP contribution in [0.3, 0.4) is 0 Å². The minimum atomic E-state index is -0.998. The Kier molecular flexibility index (Phi) is 2.45. The lowest BCUT2D eigenvalue weighted by Gasteiger charge is -2.01. The molecule has 6 heteroatoms. The number of rotatable bonds is 3. The van der Waals surface area contributed by atoms with Crippen molar-refractivity contribution in [2.45, 2.75) is 19.4 Å². The van der Waals surface area contributed by atoms with Crippen LogP contribution in [0, 0.1) is 6.92 Å². The normalized spacial score (nSPS) is 13.2. The lowest BCUT2D eigenvalue weighted by Crippen LogP contribution is -2.32. The Labute approximate surface area is 90.2 Å². The van der Waals surface area contributed by atoms with Gasteiger partial charge in [-0.25, -0.2) is 4.98 Å². The highest BCUT2D eigenvalue weighted by atomic mass is 32.1. The second kappa shape index (κ2) is 3.63. The first-order valence-electron chi connectivity index (χ1n) is 4.48. The lowest BCUT2D eigenvalue weighted by molar-refractivity contribution is -0.138. The minimum absolute atomic E-state index is 0.267. The van der Waals surface area contributed by atoms with Crippen LogP contribution in [0.15, 0.2) is 12.4 Å². The number of aliphatic carboxylic acids is 1. The van der Waals surface area contributed by atoms with Crippen molar-refractivity contribution in [2.24, 2.45) is 5.73 Å². The molecule has 0 aliphatic carbocycles. The van der Waals surface area contributed by atoms with Gasteiger partial charge in [0.1, 0.15) is 6.04 Å². The van der Waals surface area contributed by atoms with Gasteiger partial charge in [-0.3, -0.25) is 9.20 Å². The number of carbonyl (C=O) groups is 1. The average molecular weight is 225 g/mol. The van der Waals surface area contributed by atoms with Gasteiger partial charge in [0, 0.05) is 23.7 Å². The molecule has 0 aliphatic heterocycles. The van der Waals surface area contributed by atoms with Crippen LogP contribution in [-0.2, 0) is 11.2 Å². The molecule has 2 heterocycles. The predicted molar refractivity (Wildman–Crippen MR) is 57.1 cm³/mol. The first-order chi connectivity index (χ1) is 7.06. The monoisotopic (exact) mass is 225 g/mol. The number of imidazole rings is 1. The third kappa shape index (κ3) is 2.00. The van der Waals surface area contributed by atoms with Crippen LogP contribution < -0.4 is 5.73 Å². The number of carboxylic acid groups (broad SMARTS) is 1. The van der Waals surface area contributed by atoms with Crippen molar-refractivity contribution < 1.29 is 9.90 Å². The van der Waals surface area contributed by atoms with Crippen molar-refractivity contribution in [1.29, 1.82) is 0 Å². The summed E-state index contributed by atoms with van der Waals surface area (Å²) in [6, 6.07) is -0.879. The summed E-state index contributed by atoms with van der Waals surface area (Å²) >= 11 is 1.57. The summed E-state index contributed by atoms with van der Waals surface area (Å²) in [6.45, 7) is 2.00. The Morgan fingerprint density at radius 3 is 3.07 bits per heavy atom. The second-order valence-electron chi connectivity index (χ2n) is 3.41. The zero-order valence-corrected chi connectivity index (χ0v) is 8.99. The van der Waals surface area contributed by atoms with Crippen LogP contribution in [0.5, 0.6) is 0 Å². The number of hydrogen-bond acceptors (Lipinski definition) is 4. The molecule has 2 aromatic heterocycles. The van der Waals surface area contributed by atoms with Crippen molar-refractivity contribution in [1.82, 2.24) is 9.38 Å². The maximum absolute atomic E-state index is 10.6. The molecule has 0 bridgehead atoms. The molecule has 2 rings (SSSR count). The Hall–Kier alpha value is -1.40. The van der Waals surface area contributed by atoms with Crippen molar-refractivity contribution in [3.63, 3.8) is 0 Å². The van der Waals surface area contributed by atoms with Crippen LogP contribution in [0.1, 0.15) is 10.6 Å². The van der Waals surface area contributed by atoms with Gasteiger partial charge in [-0.1, -0.05) is 0 Å². The smallest absolute Gasteiger partial charge is 0.320 e. The molecular formula is C9H11N3O2S. The van der Waals surface area contributed by atoms with Gasteiger partial charge < -0.3 is 10.8 Å². The van der Waals surface area contributed by atoms with Gasteiger partial charge in [-0.15, -0.1) is 11.3 Å². The number of thiazole rings is 1. The standard InChI is InChI=1S/C9H11N3O2S/c1-5-3-12-4-6(11-9(12)15-5)2-7(10)8(13)14/h3-4,7H,2,10H2,1H3,(H,13,14). The molecule has 0 spiro atoms. The summed E-state index contributed by atoms with van der Waals surface area (Å²) in [6.07, 6.45) is 4.05. The fourth-order valence-electron chi connectivity index (χ4n) is 1.37. The predicted octanol–water partition coefficient (Wildman–Crippen LogP) is 0.659. The fraction of sp³-hybridized carbons (Fsp3) is 0.333. The van der Waals surface area contributed by atoms with Gasteiger partial charge in [-0.05, 0) is 6.92 Å². The summed E-state index contributed by atoms with van der Waals surface area (Å²) in [5.41, 5.74) is 6.14. The fourth-order valence-corrected chi connectivity index (χ4v) is 2.20. The molecule has 0 saturated heterocycles. The van der Waals surface area contributed by atoms with E-state index in [9.17, 15) is 4.79 Å². The maximum Gasteiger partial charge on any atom is 0.320 e. The van der Waals surface area contributed by atoms with Crippen molar-refractivity contribution in [3.8, 4) is 0 Å². The van der Waals surface area contributed by atoms with E-state index in [4.69, 9.17) is 10.8 Å². The van der Waals surface area contributed by atoms with E-state index < -0.39 is 12.0 Å². The van der Waals surface area contributed by atoms with Crippen LogP contribution in [0.4, 0.5) is 0 Å². The Morgan fingerprint density at radius 2 is 2.47 bits per heavy atom. The molecule has 0 fully saturated rings. The van der Waals surface area contributed by atoms with Crippen molar-refractivity contribution in [3.05, 3.63) is 23.0 Å². The number of nitrogens with two attached hydrogens (primary N) is 1. The quantitative estimate of drug-likeness (QED) is 0.804. The lowest BCUT2D eigenvalue weighted by atomic mass is 10.2. The number of carboxylic acids is 1. The Bertz CT molecular complexity index is 471. The molecule has 3 N–H and O–H groups in total. The van der Waals surface area contributed by atoms with Gasteiger partial charge in [-0.2, -0.15) is 0 Å². The third-order valence-corrected chi connectivity index (χ3v) is 2.98. The third-order valence-electron chi connectivity index (χ3n) is 2.07. The van der Waals surface area contributed by atoms with Gasteiger partial charge >= 0.3 is 5.97 Å². The molecule has 0 saturated carbocycles. The number of aromatic nitrogens is 2. The molecule has 5 nitrogen and oxygen atoms in total. The second-order valence-corrected chi connectivity index (χ2v) is 4.63. The van der Waals surface area contributed by atoms with Gasteiger partial charge in [0.2, 0.25) is 0 Å². The van der Waals surface area contributed by atoms with E-state index in [1.807, 2.05) is 23.7 Å². The van der Waals surface area contributed by atoms with E-state index in [-0.39, 0.29) is 6.42 Å². The van der Waals surface area contributed by atoms with Gasteiger partial charge in [0.15, 0.2) is 4.96 Å². The van der Waals surface area contributed by atoms with Crippen molar-refractivity contribution >= 4 is 22.3 Å². The molecule has 2 aromatic rings. The van der Waals surface area contributed by atoms with E-state index in [0.29, 0.717) is 0 Å². The van der Waals surface area contributed by atoms with E-state index in [0.717, 1.165) is 10.7 Å². The maximum atomic E-state index is 10.6. The van der Waals surface area contributed by atoms with E-state index in [1.165, 1.54) is 4.88 Å². The summed E-state index contributed by atoms with van der Waals surface area (Å²) in [5, 5.41) is 8.66. The average Bonchev–Trinajstić information content (AvgIpc) is 2.60. The van der Waals surface area contributed by atoms with E-state index in [1.54, 1.807) is 11.3 Å². The van der Waals surface area contributed by atoms with E-state index in [2.05, 4.69) is 4.98 Å². The van der Waals surface area contributed by atoms with Crippen molar-refractivity contribution in [2.75, 3.05) is 0 Å². The molecule has 1 unspecified atom stereocenters. The molecule has 1 atom stereocenters. The number of nitrogens with zero attached hydrogens (tertiary/aromatic N) is 2. The SMILES string of the molecule is Cc1cn2cc(CC(N)C(=O)O)nc2s1. The highest BCUT2D eigenvalue weighted by Crippen LogP contribution is 2.17. The molecule has 80 valence electrons. The number of hydrogen-bond donors (Lipinski definition) is 2. The summed E-state index contributed by atoms with van der Waals surface area (Å²) in [5.74, 6) is -0.998. The molecule has 0 amide bonds. The Morgan fingerprint density at radius 1 is 1.73 bits per heavy atom. The topological polar surface area (TPSA) is 80.6 Å². The molecule has 15 heavy (non-hydrogen) atoms. The summed E-state index contributed by atoms with van der Waals surface area (Å²) in [4.78, 5) is 16.9. The number of aryl methyl sites for hydroxylation is 1. The van der Waals surface area contributed by atoms with Gasteiger partial charge in [0.25, 0.3) is 0 Å². The number of fused-ring (bicyclic) bond motifs is 1. The zero-order chi connectivity index (χ0) is 11.0. The van der Waals surface area contributed by atoms with Crippen LogP contribution in [-0.4, -0.2) is 26.5 Å². The first kappa shape index (κ1) is 10.1. The molecular weight excluding hydrogens is 214 g/mol. The highest BCUT2D eigenvalue weighted by molar-refractivity contribution is 7.16. The highest BCUT2D eigenvalue weighted by Gasteiger charge is 2.14. The first-order valence-corrected chi connectivity index (χ1v) is 5.30. The summed E-state index contributed by atoms with van der Waals surface area (Å²) in [7, 11) is 0. The molecule has 0 aliphatic rings. The Balaban J connectivity index is 2.22. The van der Waals surface area contributed by atoms with Crippen LogP contribution >= 0.6 is 11.3 Å².